The first-order chi connectivity index (χ1) is 9.38. The molecule has 0 bridgehead atoms. The number of pyridine rings is 1. The fourth-order valence-electron chi connectivity index (χ4n) is 2.14. The normalized spacial score (nSPS) is 14.2. The summed E-state index contributed by atoms with van der Waals surface area (Å²) in [5.41, 5.74) is 1.27. The summed E-state index contributed by atoms with van der Waals surface area (Å²) in [5, 5.41) is 3.70. The highest BCUT2D eigenvalue weighted by Crippen LogP contribution is 2.27. The lowest BCUT2D eigenvalue weighted by atomic mass is 10.1. The molecule has 2 aromatic rings. The van der Waals surface area contributed by atoms with Gasteiger partial charge in [-0.15, -0.1) is 0 Å². The fraction of sp³-hybridized carbons (Fsp3) is 0.357. The molecule has 2 unspecified atom stereocenters. The summed E-state index contributed by atoms with van der Waals surface area (Å²) >= 11 is 0. The maximum absolute atomic E-state index is 13.8. The van der Waals surface area contributed by atoms with Crippen molar-refractivity contribution in [3.63, 3.8) is 0 Å². The summed E-state index contributed by atoms with van der Waals surface area (Å²) in [6.07, 6.45) is 1.63. The Hall–Kier alpha value is -1.56. The molecule has 2 rings (SSSR count). The maximum atomic E-state index is 13.8. The second-order valence-electron chi connectivity index (χ2n) is 4.85. The Morgan fingerprint density at radius 1 is 1.40 bits per heavy atom. The number of benzene rings is 1. The molecule has 108 valence electrons. The van der Waals surface area contributed by atoms with E-state index in [4.69, 9.17) is 0 Å². The average Bonchev–Trinajstić information content (AvgIpc) is 2.33. The highest BCUT2D eigenvalue weighted by Gasteiger charge is 2.14. The molecule has 0 aliphatic heterocycles. The first-order valence-corrected chi connectivity index (χ1v) is 7.93. The molecule has 0 amide bonds. The van der Waals surface area contributed by atoms with Crippen molar-refractivity contribution in [3.8, 4) is 0 Å². The number of hydrogen-bond donors (Lipinski definition) is 1. The molecule has 1 N–H and O–H groups in total. The zero-order valence-corrected chi connectivity index (χ0v) is 12.4. The highest BCUT2D eigenvalue weighted by molar-refractivity contribution is 7.84. The van der Waals surface area contributed by atoms with E-state index in [0.717, 1.165) is 6.07 Å². The van der Waals surface area contributed by atoms with Gasteiger partial charge in [0.05, 0.1) is 0 Å². The van der Waals surface area contributed by atoms with Gasteiger partial charge >= 0.3 is 0 Å². The molecule has 6 heteroatoms. The van der Waals surface area contributed by atoms with Crippen molar-refractivity contribution >= 4 is 27.4 Å². The summed E-state index contributed by atoms with van der Waals surface area (Å²) in [6, 6.07) is 4.31. The van der Waals surface area contributed by atoms with Crippen molar-refractivity contribution in [2.45, 2.75) is 19.9 Å². The van der Waals surface area contributed by atoms with E-state index < -0.39 is 22.4 Å². The summed E-state index contributed by atoms with van der Waals surface area (Å²) in [6.45, 7) is 3.61. The molecule has 3 nitrogen and oxygen atoms in total. The lowest BCUT2D eigenvalue weighted by Crippen LogP contribution is -2.22. The lowest BCUT2D eigenvalue weighted by Gasteiger charge is -2.16. The van der Waals surface area contributed by atoms with Crippen LogP contribution in [0.5, 0.6) is 0 Å². The molecule has 2 atom stereocenters. The number of nitrogens with zero attached hydrogens (tertiary/aromatic N) is 1. The van der Waals surface area contributed by atoms with Crippen LogP contribution in [0.25, 0.3) is 10.9 Å². The quantitative estimate of drug-likeness (QED) is 0.943. The van der Waals surface area contributed by atoms with Crippen LogP contribution in [-0.4, -0.2) is 27.2 Å². The summed E-state index contributed by atoms with van der Waals surface area (Å²) in [5.74, 6) is -1.38. The Balaban J connectivity index is 2.48. The van der Waals surface area contributed by atoms with Gasteiger partial charge in [0.2, 0.25) is 0 Å². The summed E-state index contributed by atoms with van der Waals surface area (Å²) in [4.78, 5) is 4.05. The van der Waals surface area contributed by atoms with Crippen molar-refractivity contribution in [1.82, 2.24) is 4.98 Å². The van der Waals surface area contributed by atoms with E-state index in [9.17, 15) is 13.0 Å². The largest absolute Gasteiger partial charge is 0.381 e. The van der Waals surface area contributed by atoms with Gasteiger partial charge in [-0.2, -0.15) is 0 Å². The van der Waals surface area contributed by atoms with Gasteiger partial charge in [-0.3, -0.25) is 4.21 Å². The molecular formula is C14H16F2N2OS. The third kappa shape index (κ3) is 3.12. The van der Waals surface area contributed by atoms with Crippen LogP contribution in [0.2, 0.25) is 0 Å². The van der Waals surface area contributed by atoms with Crippen molar-refractivity contribution in [2.24, 2.45) is 0 Å². The third-order valence-electron chi connectivity index (χ3n) is 2.89. The Kier molecular flexibility index (Phi) is 4.32. The van der Waals surface area contributed by atoms with Crippen LogP contribution in [0, 0.1) is 18.6 Å². The Labute approximate surface area is 118 Å². The van der Waals surface area contributed by atoms with E-state index >= 15 is 0 Å². The number of anilines is 1. The number of aromatic nitrogens is 1. The zero-order valence-electron chi connectivity index (χ0n) is 11.5. The van der Waals surface area contributed by atoms with Gasteiger partial charge in [0.25, 0.3) is 0 Å². The third-order valence-corrected chi connectivity index (χ3v) is 3.86. The monoisotopic (exact) mass is 298 g/mol. The minimum atomic E-state index is -0.944. The molecule has 0 fully saturated rings. The van der Waals surface area contributed by atoms with Crippen molar-refractivity contribution < 1.29 is 13.0 Å². The lowest BCUT2D eigenvalue weighted by molar-refractivity contribution is 0.515. The predicted molar refractivity (Wildman–Crippen MR) is 78.4 cm³/mol. The van der Waals surface area contributed by atoms with E-state index in [0.29, 0.717) is 22.5 Å². The minimum absolute atomic E-state index is 0.0114. The fourth-order valence-corrected chi connectivity index (χ4v) is 2.93. The van der Waals surface area contributed by atoms with E-state index in [1.165, 1.54) is 6.07 Å². The first kappa shape index (κ1) is 14.8. The van der Waals surface area contributed by atoms with Crippen molar-refractivity contribution in [3.05, 3.63) is 35.5 Å². The molecule has 1 aromatic heterocycles. The van der Waals surface area contributed by atoms with Gasteiger partial charge in [0.15, 0.2) is 11.6 Å². The molecule has 0 spiro atoms. The van der Waals surface area contributed by atoms with Gasteiger partial charge < -0.3 is 5.32 Å². The Morgan fingerprint density at radius 2 is 2.10 bits per heavy atom. The SMILES string of the molecule is Cc1cc(NC(C)CS(C)=O)c2ccc(F)c(F)c2n1. The summed E-state index contributed by atoms with van der Waals surface area (Å²) in [7, 11) is -0.929. The molecule has 0 saturated carbocycles. The van der Waals surface area contributed by atoms with Crippen LogP contribution >= 0.6 is 0 Å². The number of aryl methyl sites for hydroxylation is 1. The molecule has 0 saturated heterocycles. The number of halogens is 2. The molecule has 1 aromatic carbocycles. The Bertz CT molecular complexity index is 676. The van der Waals surface area contributed by atoms with Gasteiger partial charge in [-0.05, 0) is 32.0 Å². The van der Waals surface area contributed by atoms with E-state index in [2.05, 4.69) is 10.3 Å². The molecule has 0 aliphatic rings. The van der Waals surface area contributed by atoms with Gasteiger partial charge in [-0.1, -0.05) is 0 Å². The smallest absolute Gasteiger partial charge is 0.185 e. The van der Waals surface area contributed by atoms with Gasteiger partial charge in [0.1, 0.15) is 5.52 Å². The van der Waals surface area contributed by atoms with E-state index in [1.807, 2.05) is 6.92 Å². The second kappa shape index (κ2) is 5.83. The highest BCUT2D eigenvalue weighted by atomic mass is 32.2. The van der Waals surface area contributed by atoms with Crippen LogP contribution < -0.4 is 5.32 Å². The van der Waals surface area contributed by atoms with Crippen LogP contribution in [0.4, 0.5) is 14.5 Å². The Morgan fingerprint density at radius 3 is 2.75 bits per heavy atom. The second-order valence-corrected chi connectivity index (χ2v) is 6.33. The van der Waals surface area contributed by atoms with Gasteiger partial charge in [-0.25, -0.2) is 13.8 Å². The topological polar surface area (TPSA) is 42.0 Å². The minimum Gasteiger partial charge on any atom is -0.381 e. The van der Waals surface area contributed by atoms with Crippen LogP contribution in [0.1, 0.15) is 12.6 Å². The molecule has 0 radical (unpaired) electrons. The van der Waals surface area contributed by atoms with E-state index in [1.54, 1.807) is 19.2 Å². The van der Waals surface area contributed by atoms with Crippen LogP contribution in [0.15, 0.2) is 18.2 Å². The average molecular weight is 298 g/mol. The zero-order chi connectivity index (χ0) is 14.9. The predicted octanol–water partition coefficient (Wildman–Crippen LogP) is 3.00. The molecular weight excluding hydrogens is 282 g/mol. The first-order valence-electron chi connectivity index (χ1n) is 6.20. The number of fused-ring (bicyclic) bond motifs is 1. The number of rotatable bonds is 4. The number of nitrogens with one attached hydrogen (secondary N) is 1. The molecule has 20 heavy (non-hydrogen) atoms. The molecule has 0 aliphatic carbocycles. The summed E-state index contributed by atoms with van der Waals surface area (Å²) < 4.78 is 38.3. The maximum Gasteiger partial charge on any atom is 0.185 e. The van der Waals surface area contributed by atoms with Crippen LogP contribution in [-0.2, 0) is 10.8 Å². The van der Waals surface area contributed by atoms with Crippen LogP contribution in [0.3, 0.4) is 0 Å². The van der Waals surface area contributed by atoms with Crippen molar-refractivity contribution in [2.75, 3.05) is 17.3 Å². The van der Waals surface area contributed by atoms with Gasteiger partial charge in [0, 0.05) is 45.6 Å². The standard InChI is InChI=1S/C14H16F2N2OS/c1-8-6-12(17-9(2)7-20(3)19)10-4-5-11(15)13(16)14(10)18-8/h4-6,9H,7H2,1-3H3,(H,17,18). The van der Waals surface area contributed by atoms with Crippen molar-refractivity contribution in [1.29, 1.82) is 0 Å². The number of hydrogen-bond acceptors (Lipinski definition) is 3. The van der Waals surface area contributed by atoms with E-state index in [-0.39, 0.29) is 11.6 Å². The molecule has 1 heterocycles.